The SMILES string of the molecule is Cc1ccc(O)c(S(=O)(=O)N2CCN(c3ncnc4sc5c(c34)CCCC5)CC2)c1. The molecule has 1 N–H and O–H groups in total. The Kier molecular flexibility index (Phi) is 4.91. The van der Waals surface area contributed by atoms with Gasteiger partial charge in [0.1, 0.15) is 27.6 Å². The Balaban J connectivity index is 1.42. The largest absolute Gasteiger partial charge is 0.507 e. The van der Waals surface area contributed by atoms with E-state index in [2.05, 4.69) is 14.9 Å². The maximum absolute atomic E-state index is 13.1. The summed E-state index contributed by atoms with van der Waals surface area (Å²) in [5.74, 6) is 0.722. The number of phenols is 1. The molecule has 0 bridgehead atoms. The summed E-state index contributed by atoms with van der Waals surface area (Å²) in [4.78, 5) is 13.7. The minimum atomic E-state index is -3.74. The number of sulfonamides is 1. The van der Waals surface area contributed by atoms with Crippen LogP contribution in [0.1, 0.15) is 28.8 Å². The molecule has 2 aliphatic rings. The molecule has 1 aromatic carbocycles. The van der Waals surface area contributed by atoms with E-state index in [1.54, 1.807) is 23.7 Å². The molecule has 0 spiro atoms. The fraction of sp³-hybridized carbons (Fsp3) is 0.429. The van der Waals surface area contributed by atoms with Crippen LogP contribution in [0.25, 0.3) is 10.2 Å². The van der Waals surface area contributed by atoms with E-state index in [1.165, 1.54) is 39.7 Å². The van der Waals surface area contributed by atoms with Crippen LogP contribution in [0, 0.1) is 6.92 Å². The molecule has 0 radical (unpaired) electrons. The lowest BCUT2D eigenvalue weighted by atomic mass is 9.97. The maximum Gasteiger partial charge on any atom is 0.246 e. The minimum Gasteiger partial charge on any atom is -0.507 e. The molecule has 0 saturated carbocycles. The standard InChI is InChI=1S/C21H24N4O3S2/c1-14-6-7-16(26)18(12-14)30(27,28)25-10-8-24(9-11-25)20-19-15-4-2-3-5-17(15)29-21(19)23-13-22-20/h6-7,12-13,26H,2-5,8-11H2,1H3. The number of aromatic hydroxyl groups is 1. The van der Waals surface area contributed by atoms with Gasteiger partial charge in [-0.1, -0.05) is 6.07 Å². The van der Waals surface area contributed by atoms with Crippen molar-refractivity contribution in [1.29, 1.82) is 0 Å². The summed E-state index contributed by atoms with van der Waals surface area (Å²) in [6, 6.07) is 4.67. The van der Waals surface area contributed by atoms with Crippen LogP contribution >= 0.6 is 11.3 Å². The molecule has 1 aliphatic carbocycles. The van der Waals surface area contributed by atoms with Crippen molar-refractivity contribution < 1.29 is 13.5 Å². The molecular formula is C21H24N4O3S2. The normalized spacial score (nSPS) is 18.0. The Hall–Kier alpha value is -2.23. The number of thiophene rings is 1. The maximum atomic E-state index is 13.1. The number of anilines is 1. The summed E-state index contributed by atoms with van der Waals surface area (Å²) in [5, 5.41) is 11.3. The minimum absolute atomic E-state index is 0.0210. The Morgan fingerprint density at radius 2 is 1.83 bits per heavy atom. The molecular weight excluding hydrogens is 420 g/mol. The van der Waals surface area contributed by atoms with Crippen LogP contribution in [0.15, 0.2) is 29.4 Å². The van der Waals surface area contributed by atoms with Crippen molar-refractivity contribution in [2.75, 3.05) is 31.1 Å². The monoisotopic (exact) mass is 444 g/mol. The van der Waals surface area contributed by atoms with Gasteiger partial charge in [-0.15, -0.1) is 11.3 Å². The fourth-order valence-electron chi connectivity index (χ4n) is 4.42. The van der Waals surface area contributed by atoms with E-state index in [9.17, 15) is 13.5 Å². The third kappa shape index (κ3) is 3.25. The van der Waals surface area contributed by atoms with Crippen molar-refractivity contribution in [3.05, 3.63) is 40.5 Å². The van der Waals surface area contributed by atoms with Gasteiger partial charge in [0.15, 0.2) is 0 Å². The van der Waals surface area contributed by atoms with E-state index in [1.807, 2.05) is 6.92 Å². The summed E-state index contributed by atoms with van der Waals surface area (Å²) in [7, 11) is -3.74. The van der Waals surface area contributed by atoms with Crippen molar-refractivity contribution in [2.24, 2.45) is 0 Å². The van der Waals surface area contributed by atoms with Crippen LogP contribution in [0.3, 0.4) is 0 Å². The van der Waals surface area contributed by atoms with Crippen LogP contribution in [0.5, 0.6) is 5.75 Å². The first-order valence-corrected chi connectivity index (χ1v) is 12.5. The van der Waals surface area contributed by atoms with Crippen LogP contribution in [0.4, 0.5) is 5.82 Å². The van der Waals surface area contributed by atoms with Crippen molar-refractivity contribution in [3.63, 3.8) is 0 Å². The second-order valence-corrected chi connectivity index (χ2v) is 10.9. The number of hydrogen-bond acceptors (Lipinski definition) is 7. The smallest absolute Gasteiger partial charge is 0.246 e. The highest BCUT2D eigenvalue weighted by Crippen LogP contribution is 2.39. The summed E-state index contributed by atoms with van der Waals surface area (Å²) in [5.41, 5.74) is 2.19. The lowest BCUT2D eigenvalue weighted by molar-refractivity contribution is 0.380. The number of hydrogen-bond donors (Lipinski definition) is 1. The number of aromatic nitrogens is 2. The average molecular weight is 445 g/mol. The van der Waals surface area contributed by atoms with Crippen molar-refractivity contribution in [1.82, 2.24) is 14.3 Å². The van der Waals surface area contributed by atoms with Crippen molar-refractivity contribution in [2.45, 2.75) is 37.5 Å². The van der Waals surface area contributed by atoms with E-state index in [-0.39, 0.29) is 10.6 Å². The number of piperazine rings is 1. The van der Waals surface area contributed by atoms with Gasteiger partial charge in [0.25, 0.3) is 0 Å². The van der Waals surface area contributed by atoms with Crippen molar-refractivity contribution >= 4 is 37.4 Å². The molecule has 5 rings (SSSR count). The molecule has 1 aliphatic heterocycles. The molecule has 1 saturated heterocycles. The fourth-order valence-corrected chi connectivity index (χ4v) is 7.23. The van der Waals surface area contributed by atoms with Gasteiger partial charge < -0.3 is 10.0 Å². The Morgan fingerprint density at radius 3 is 2.63 bits per heavy atom. The number of aryl methyl sites for hydroxylation is 3. The van der Waals surface area contributed by atoms with Gasteiger partial charge in [-0.2, -0.15) is 4.31 Å². The average Bonchev–Trinajstić information content (AvgIpc) is 3.14. The Bertz CT molecular complexity index is 1210. The highest BCUT2D eigenvalue weighted by atomic mass is 32.2. The molecule has 7 nitrogen and oxygen atoms in total. The van der Waals surface area contributed by atoms with Gasteiger partial charge in [0, 0.05) is 31.1 Å². The first kappa shape index (κ1) is 19.7. The molecule has 0 atom stereocenters. The second kappa shape index (κ2) is 7.47. The topological polar surface area (TPSA) is 86.6 Å². The lowest BCUT2D eigenvalue weighted by Crippen LogP contribution is -2.49. The Morgan fingerprint density at radius 1 is 1.07 bits per heavy atom. The predicted molar refractivity (Wildman–Crippen MR) is 118 cm³/mol. The lowest BCUT2D eigenvalue weighted by Gasteiger charge is -2.35. The van der Waals surface area contributed by atoms with E-state index in [4.69, 9.17) is 0 Å². The van der Waals surface area contributed by atoms with Crippen LogP contribution in [-0.4, -0.2) is 54.0 Å². The third-order valence-corrected chi connectivity index (χ3v) is 9.13. The van der Waals surface area contributed by atoms with Gasteiger partial charge in [-0.05, 0) is 55.9 Å². The molecule has 0 amide bonds. The van der Waals surface area contributed by atoms with Gasteiger partial charge in [-0.25, -0.2) is 18.4 Å². The van der Waals surface area contributed by atoms with Crippen LogP contribution in [-0.2, 0) is 22.9 Å². The highest BCUT2D eigenvalue weighted by molar-refractivity contribution is 7.89. The molecule has 0 unspecified atom stereocenters. The number of rotatable bonds is 3. The van der Waals surface area contributed by atoms with Crippen LogP contribution in [0.2, 0.25) is 0 Å². The van der Waals surface area contributed by atoms with Gasteiger partial charge in [0.2, 0.25) is 10.0 Å². The zero-order valence-corrected chi connectivity index (χ0v) is 18.5. The van der Waals surface area contributed by atoms with Gasteiger partial charge >= 0.3 is 0 Å². The van der Waals surface area contributed by atoms with E-state index in [0.29, 0.717) is 26.2 Å². The summed E-state index contributed by atoms with van der Waals surface area (Å²) < 4.78 is 27.6. The number of benzene rings is 1. The molecule has 2 aromatic heterocycles. The first-order chi connectivity index (χ1) is 14.4. The molecule has 158 valence electrons. The summed E-state index contributed by atoms with van der Waals surface area (Å²) >= 11 is 1.77. The molecule has 9 heteroatoms. The quantitative estimate of drug-likeness (QED) is 0.668. The third-order valence-electron chi connectivity index (χ3n) is 6.00. The van der Waals surface area contributed by atoms with Crippen LogP contribution < -0.4 is 4.90 Å². The first-order valence-electron chi connectivity index (χ1n) is 10.2. The zero-order valence-electron chi connectivity index (χ0n) is 16.8. The van der Waals surface area contributed by atoms with Gasteiger partial charge in [-0.3, -0.25) is 0 Å². The van der Waals surface area contributed by atoms with E-state index in [0.717, 1.165) is 34.4 Å². The number of phenolic OH excluding ortho intramolecular Hbond substituents is 1. The molecule has 3 heterocycles. The number of fused-ring (bicyclic) bond motifs is 3. The van der Waals surface area contributed by atoms with Crippen molar-refractivity contribution in [3.8, 4) is 5.75 Å². The second-order valence-electron chi connectivity index (χ2n) is 7.95. The van der Waals surface area contributed by atoms with E-state index < -0.39 is 10.0 Å². The van der Waals surface area contributed by atoms with E-state index >= 15 is 0 Å². The summed E-state index contributed by atoms with van der Waals surface area (Å²) in [6.45, 7) is 3.64. The van der Waals surface area contributed by atoms with Gasteiger partial charge in [0.05, 0.1) is 5.39 Å². The number of nitrogens with zero attached hydrogens (tertiary/aromatic N) is 4. The molecule has 30 heavy (non-hydrogen) atoms. The molecule has 3 aromatic rings. The highest BCUT2D eigenvalue weighted by Gasteiger charge is 2.32. The zero-order chi connectivity index (χ0) is 20.9. The molecule has 1 fully saturated rings. The predicted octanol–water partition coefficient (Wildman–Crippen LogP) is 3.10. The Labute approximate surface area is 180 Å². The summed E-state index contributed by atoms with van der Waals surface area (Å²) in [6.07, 6.45) is 6.22.